The minimum Gasteiger partial charge on any atom is -0.496 e. The van der Waals surface area contributed by atoms with Crippen LogP contribution in [0.25, 0.3) is 21.7 Å². The summed E-state index contributed by atoms with van der Waals surface area (Å²) in [6.07, 6.45) is 1.87. The van der Waals surface area contributed by atoms with E-state index in [0.717, 1.165) is 32.9 Å². The molecule has 6 nitrogen and oxygen atoms in total. The number of benzene rings is 3. The molecule has 0 aliphatic heterocycles. The molecule has 30 heavy (non-hydrogen) atoms. The zero-order valence-electron chi connectivity index (χ0n) is 17.2. The molecule has 0 atom stereocenters. The third-order valence-corrected chi connectivity index (χ3v) is 5.17. The monoisotopic (exact) mass is 405 g/mol. The largest absolute Gasteiger partial charge is 0.496 e. The highest BCUT2D eigenvalue weighted by molar-refractivity contribution is 6.08. The number of rotatable bonds is 7. The van der Waals surface area contributed by atoms with Crippen molar-refractivity contribution in [2.75, 3.05) is 21.3 Å². The summed E-state index contributed by atoms with van der Waals surface area (Å²) in [5, 5.41) is 6.12. The Morgan fingerprint density at radius 2 is 1.70 bits per heavy atom. The van der Waals surface area contributed by atoms with Crippen molar-refractivity contribution in [3.05, 3.63) is 65.9 Å². The molecule has 0 bridgehead atoms. The molecule has 0 saturated heterocycles. The standard InChI is InChI=1S/C24H23NO5/c1-27-17-11-21(28-2)19(22(12-17)29-3)13-25-23(26)10-16-14-30-20-9-8-15-6-4-5-7-18(15)24(16)20/h4-9,11-12,14H,10,13H2,1-3H3,(H,25,26). The molecule has 1 heterocycles. The van der Waals surface area contributed by atoms with E-state index in [0.29, 0.717) is 17.2 Å². The van der Waals surface area contributed by atoms with Gasteiger partial charge in [0.15, 0.2) is 0 Å². The summed E-state index contributed by atoms with van der Waals surface area (Å²) < 4.78 is 21.8. The van der Waals surface area contributed by atoms with Crippen LogP contribution in [0.15, 0.2) is 59.2 Å². The van der Waals surface area contributed by atoms with Gasteiger partial charge in [0.05, 0.1) is 46.1 Å². The van der Waals surface area contributed by atoms with Crippen molar-refractivity contribution >= 4 is 27.6 Å². The van der Waals surface area contributed by atoms with E-state index in [1.807, 2.05) is 36.4 Å². The molecule has 1 N–H and O–H groups in total. The van der Waals surface area contributed by atoms with E-state index in [2.05, 4.69) is 5.32 Å². The van der Waals surface area contributed by atoms with Crippen LogP contribution in [0.4, 0.5) is 0 Å². The van der Waals surface area contributed by atoms with Gasteiger partial charge in [-0.3, -0.25) is 4.79 Å². The number of hydrogen-bond acceptors (Lipinski definition) is 5. The Labute approximate surface area is 174 Å². The predicted molar refractivity (Wildman–Crippen MR) is 115 cm³/mol. The Balaban J connectivity index is 1.56. The van der Waals surface area contributed by atoms with Crippen LogP contribution < -0.4 is 19.5 Å². The van der Waals surface area contributed by atoms with Crippen LogP contribution in [-0.2, 0) is 17.8 Å². The molecule has 0 radical (unpaired) electrons. The van der Waals surface area contributed by atoms with Crippen LogP contribution in [-0.4, -0.2) is 27.2 Å². The van der Waals surface area contributed by atoms with E-state index < -0.39 is 0 Å². The second kappa shape index (κ2) is 8.37. The van der Waals surface area contributed by atoms with Gasteiger partial charge >= 0.3 is 0 Å². The van der Waals surface area contributed by atoms with Crippen LogP contribution in [0.3, 0.4) is 0 Å². The molecular formula is C24H23NO5. The summed E-state index contributed by atoms with van der Waals surface area (Å²) >= 11 is 0. The highest BCUT2D eigenvalue weighted by Crippen LogP contribution is 2.34. The first-order chi connectivity index (χ1) is 14.6. The second-order valence-corrected chi connectivity index (χ2v) is 6.88. The number of ether oxygens (including phenoxy) is 3. The number of amides is 1. The number of carbonyl (C=O) groups is 1. The fraction of sp³-hybridized carbons (Fsp3) is 0.208. The van der Waals surface area contributed by atoms with Gasteiger partial charge in [-0.1, -0.05) is 30.3 Å². The molecule has 1 aromatic heterocycles. The van der Waals surface area contributed by atoms with Crippen molar-refractivity contribution in [2.24, 2.45) is 0 Å². The molecule has 6 heteroatoms. The molecule has 154 valence electrons. The lowest BCUT2D eigenvalue weighted by Gasteiger charge is -2.15. The SMILES string of the molecule is COc1cc(OC)c(CNC(=O)Cc2coc3ccc4ccccc4c23)c(OC)c1. The van der Waals surface area contributed by atoms with Crippen LogP contribution in [0, 0.1) is 0 Å². The van der Waals surface area contributed by atoms with Gasteiger partial charge in [0.1, 0.15) is 22.8 Å². The maximum atomic E-state index is 12.7. The number of nitrogens with one attached hydrogen (secondary N) is 1. The highest BCUT2D eigenvalue weighted by atomic mass is 16.5. The van der Waals surface area contributed by atoms with E-state index >= 15 is 0 Å². The van der Waals surface area contributed by atoms with Gasteiger partial charge in [0.25, 0.3) is 0 Å². The zero-order chi connectivity index (χ0) is 21.1. The Bertz CT molecular complexity index is 1190. The maximum absolute atomic E-state index is 12.7. The minimum atomic E-state index is -0.120. The van der Waals surface area contributed by atoms with Gasteiger partial charge < -0.3 is 23.9 Å². The quantitative estimate of drug-likeness (QED) is 0.491. The lowest BCUT2D eigenvalue weighted by Crippen LogP contribution is -2.25. The number of carbonyl (C=O) groups excluding carboxylic acids is 1. The number of methoxy groups -OCH3 is 3. The highest BCUT2D eigenvalue weighted by Gasteiger charge is 2.16. The molecule has 4 aromatic rings. The first-order valence-electron chi connectivity index (χ1n) is 9.58. The van der Waals surface area contributed by atoms with Crippen molar-refractivity contribution in [1.82, 2.24) is 5.32 Å². The second-order valence-electron chi connectivity index (χ2n) is 6.88. The van der Waals surface area contributed by atoms with Crippen LogP contribution in [0.2, 0.25) is 0 Å². The van der Waals surface area contributed by atoms with E-state index in [4.69, 9.17) is 18.6 Å². The van der Waals surface area contributed by atoms with Crippen LogP contribution in [0.5, 0.6) is 17.2 Å². The smallest absolute Gasteiger partial charge is 0.224 e. The van der Waals surface area contributed by atoms with Gasteiger partial charge in [0, 0.05) is 23.1 Å². The first-order valence-corrected chi connectivity index (χ1v) is 9.58. The van der Waals surface area contributed by atoms with Gasteiger partial charge in [-0.2, -0.15) is 0 Å². The molecular weight excluding hydrogens is 382 g/mol. The third kappa shape index (κ3) is 3.64. The summed E-state index contributed by atoms with van der Waals surface area (Å²) in [7, 11) is 4.72. The Hall–Kier alpha value is -3.67. The molecule has 0 fully saturated rings. The Morgan fingerprint density at radius 3 is 2.40 bits per heavy atom. The summed E-state index contributed by atoms with van der Waals surface area (Å²) in [5.74, 6) is 1.68. The normalized spacial score (nSPS) is 10.9. The topological polar surface area (TPSA) is 69.9 Å². The molecule has 0 aliphatic carbocycles. The van der Waals surface area contributed by atoms with Crippen molar-refractivity contribution in [3.8, 4) is 17.2 Å². The van der Waals surface area contributed by atoms with Crippen molar-refractivity contribution in [2.45, 2.75) is 13.0 Å². The molecule has 0 aliphatic rings. The van der Waals surface area contributed by atoms with Crippen LogP contribution in [0.1, 0.15) is 11.1 Å². The molecule has 0 spiro atoms. The number of hydrogen-bond donors (Lipinski definition) is 1. The Morgan fingerprint density at radius 1 is 0.967 bits per heavy atom. The van der Waals surface area contributed by atoms with Crippen molar-refractivity contribution < 1.29 is 23.4 Å². The van der Waals surface area contributed by atoms with E-state index in [-0.39, 0.29) is 18.9 Å². The molecule has 1 amide bonds. The lowest BCUT2D eigenvalue weighted by molar-refractivity contribution is -0.120. The molecule has 0 saturated carbocycles. The minimum absolute atomic E-state index is 0.120. The van der Waals surface area contributed by atoms with Crippen LogP contribution >= 0.6 is 0 Å². The molecule has 4 rings (SSSR count). The summed E-state index contributed by atoms with van der Waals surface area (Å²) in [6, 6.07) is 15.6. The zero-order valence-corrected chi connectivity index (χ0v) is 17.2. The van der Waals surface area contributed by atoms with Crippen molar-refractivity contribution in [1.29, 1.82) is 0 Å². The average Bonchev–Trinajstić information content (AvgIpc) is 3.20. The third-order valence-electron chi connectivity index (χ3n) is 5.17. The first kappa shape index (κ1) is 19.6. The number of fused-ring (bicyclic) bond motifs is 3. The van der Waals surface area contributed by atoms with E-state index in [1.165, 1.54) is 0 Å². The van der Waals surface area contributed by atoms with Gasteiger partial charge in [-0.25, -0.2) is 0 Å². The molecule has 0 unspecified atom stereocenters. The fourth-order valence-corrected chi connectivity index (χ4v) is 3.68. The lowest BCUT2D eigenvalue weighted by atomic mass is 10.0. The van der Waals surface area contributed by atoms with Gasteiger partial charge in [-0.05, 0) is 16.8 Å². The fourth-order valence-electron chi connectivity index (χ4n) is 3.68. The summed E-state index contributed by atoms with van der Waals surface area (Å²) in [5.41, 5.74) is 2.37. The van der Waals surface area contributed by atoms with Gasteiger partial charge in [-0.15, -0.1) is 0 Å². The van der Waals surface area contributed by atoms with Gasteiger partial charge in [0.2, 0.25) is 5.91 Å². The summed E-state index contributed by atoms with van der Waals surface area (Å²) in [4.78, 5) is 12.7. The van der Waals surface area contributed by atoms with E-state index in [9.17, 15) is 4.79 Å². The maximum Gasteiger partial charge on any atom is 0.224 e. The Kier molecular flexibility index (Phi) is 5.48. The number of furan rings is 1. The molecule has 3 aromatic carbocycles. The van der Waals surface area contributed by atoms with E-state index in [1.54, 1.807) is 39.7 Å². The predicted octanol–water partition coefficient (Wildman–Crippen LogP) is 4.47. The van der Waals surface area contributed by atoms with Crippen molar-refractivity contribution in [3.63, 3.8) is 0 Å². The average molecular weight is 405 g/mol. The summed E-state index contributed by atoms with van der Waals surface area (Å²) in [6.45, 7) is 0.270.